The zero-order valence-electron chi connectivity index (χ0n) is 33.9. The highest BCUT2D eigenvalue weighted by Gasteiger charge is 2.36. The van der Waals surface area contributed by atoms with Crippen molar-refractivity contribution in [2.24, 2.45) is 5.73 Å². The number of ether oxygens (including phenoxy) is 3. The molecule has 3 unspecified atom stereocenters. The van der Waals surface area contributed by atoms with E-state index in [9.17, 15) is 19.0 Å². The van der Waals surface area contributed by atoms with Crippen molar-refractivity contribution in [3.63, 3.8) is 0 Å². The van der Waals surface area contributed by atoms with Crippen LogP contribution in [0.4, 0.5) is 0 Å². The van der Waals surface area contributed by atoms with Crippen LogP contribution in [0.3, 0.4) is 0 Å². The van der Waals surface area contributed by atoms with Gasteiger partial charge >= 0.3 is 19.8 Å². The van der Waals surface area contributed by atoms with Crippen LogP contribution in [0.5, 0.6) is 0 Å². The Morgan fingerprint density at radius 2 is 1.20 bits per heavy atom. The number of hydrogen-bond donors (Lipinski definition) is 2. The molecule has 11 heteroatoms. The van der Waals surface area contributed by atoms with E-state index >= 15 is 0 Å². The van der Waals surface area contributed by atoms with Gasteiger partial charge in [0.1, 0.15) is 6.61 Å². The first-order chi connectivity index (χ1) is 26.3. The summed E-state index contributed by atoms with van der Waals surface area (Å²) < 4.78 is 38.5. The molecule has 1 aliphatic heterocycles. The summed E-state index contributed by atoms with van der Waals surface area (Å²) in [7, 11) is -4.39. The summed E-state index contributed by atoms with van der Waals surface area (Å²) >= 11 is 0. The van der Waals surface area contributed by atoms with E-state index in [4.69, 9.17) is 29.0 Å². The van der Waals surface area contributed by atoms with Gasteiger partial charge < -0.3 is 24.8 Å². The van der Waals surface area contributed by atoms with Crippen molar-refractivity contribution in [2.75, 3.05) is 26.4 Å². The number of phosphoric ester groups is 1. The number of carbonyl (C=O) groups excluding carboxylic acids is 2. The summed E-state index contributed by atoms with van der Waals surface area (Å²) in [5.41, 5.74) is 5.34. The number of hydrogen-bond acceptors (Lipinski definition) is 9. The molecule has 312 valence electrons. The van der Waals surface area contributed by atoms with Crippen LogP contribution in [-0.4, -0.2) is 61.5 Å². The van der Waals surface area contributed by atoms with Gasteiger partial charge in [-0.05, 0) is 77.0 Å². The van der Waals surface area contributed by atoms with Crippen molar-refractivity contribution in [3.05, 3.63) is 48.6 Å². The summed E-state index contributed by atoms with van der Waals surface area (Å²) in [5.74, 6) is -0.880. The molecular weight excluding hydrogens is 705 g/mol. The second-order valence-electron chi connectivity index (χ2n) is 14.2. The average Bonchev–Trinajstić information content (AvgIpc) is 3.91. The monoisotopic (exact) mass is 782 g/mol. The van der Waals surface area contributed by atoms with Gasteiger partial charge in [0.2, 0.25) is 0 Å². The smallest absolute Gasteiger partial charge is 0.462 e. The molecule has 0 bridgehead atoms. The fraction of sp³-hybridized carbons (Fsp3) is 0.767. The Bertz CT molecular complexity index is 1090. The van der Waals surface area contributed by atoms with Gasteiger partial charge in [0.15, 0.2) is 6.10 Å². The first-order valence-electron chi connectivity index (χ1n) is 21.2. The highest BCUT2D eigenvalue weighted by molar-refractivity contribution is 7.47. The molecule has 1 saturated heterocycles. The van der Waals surface area contributed by atoms with Gasteiger partial charge in [0, 0.05) is 19.4 Å². The summed E-state index contributed by atoms with van der Waals surface area (Å²) in [6, 6.07) is 0. The lowest BCUT2D eigenvalue weighted by molar-refractivity contribution is -0.161. The van der Waals surface area contributed by atoms with Crippen LogP contribution in [0.2, 0.25) is 0 Å². The standard InChI is InChI=1S/C43H76NO9P/c1-3-5-7-9-11-12-13-14-15-16-17-18-19-20-21-25-29-33-42(45)49-37-39(38-51-54(47,48)50-36-35-44)52-43(46)34-30-26-22-24-28-32-41-40(53-41)31-27-23-10-8-6-4-2/h11-12,14-15,17-18,23,27,39-41H,3-10,13,16,19-22,24-26,28-38,44H2,1-2H3,(H,47,48)/b12-11-,15-14-,18-17-,27-23-/t39-,40?,41?/m1/s1. The Kier molecular flexibility index (Phi) is 32.7. The Balaban J connectivity index is 2.22. The van der Waals surface area contributed by atoms with E-state index < -0.39 is 32.5 Å². The lowest BCUT2D eigenvalue weighted by atomic mass is 10.1. The van der Waals surface area contributed by atoms with Crippen molar-refractivity contribution in [3.8, 4) is 0 Å². The first kappa shape index (κ1) is 49.9. The molecule has 1 rings (SSSR count). The quantitative estimate of drug-likeness (QED) is 0.0204. The second-order valence-corrected chi connectivity index (χ2v) is 15.7. The molecule has 0 saturated carbocycles. The highest BCUT2D eigenvalue weighted by Crippen LogP contribution is 2.43. The van der Waals surface area contributed by atoms with Gasteiger partial charge in [-0.2, -0.15) is 0 Å². The molecule has 0 aromatic carbocycles. The zero-order chi connectivity index (χ0) is 39.4. The topological polar surface area (TPSA) is 147 Å². The van der Waals surface area contributed by atoms with E-state index in [2.05, 4.69) is 62.5 Å². The molecule has 1 fully saturated rings. The van der Waals surface area contributed by atoms with Crippen molar-refractivity contribution >= 4 is 19.8 Å². The maximum absolute atomic E-state index is 12.6. The molecule has 1 heterocycles. The molecule has 0 aromatic heterocycles. The third kappa shape index (κ3) is 32.2. The molecule has 0 amide bonds. The SMILES string of the molecule is CCCCC/C=C\C/C=C\C/C=C\CCCCCCC(=O)OC[C@H](COP(=O)(O)OCCN)OC(=O)CCCCCCCC1OC1C/C=C\CCCCC. The zero-order valence-corrected chi connectivity index (χ0v) is 34.8. The van der Waals surface area contributed by atoms with Crippen LogP contribution in [0.25, 0.3) is 0 Å². The van der Waals surface area contributed by atoms with Crippen LogP contribution in [0.1, 0.15) is 168 Å². The van der Waals surface area contributed by atoms with Gasteiger partial charge in [-0.1, -0.05) is 127 Å². The maximum Gasteiger partial charge on any atom is 0.472 e. The Hall–Kier alpha value is -2.07. The lowest BCUT2D eigenvalue weighted by Crippen LogP contribution is -2.29. The Morgan fingerprint density at radius 3 is 1.83 bits per heavy atom. The van der Waals surface area contributed by atoms with Crippen LogP contribution in [-0.2, 0) is 37.4 Å². The predicted molar refractivity (Wildman–Crippen MR) is 219 cm³/mol. The highest BCUT2D eigenvalue weighted by atomic mass is 31.2. The van der Waals surface area contributed by atoms with Gasteiger partial charge in [0.05, 0.1) is 25.4 Å². The number of rotatable bonds is 38. The van der Waals surface area contributed by atoms with Crippen LogP contribution in [0, 0.1) is 0 Å². The molecule has 0 aromatic rings. The van der Waals surface area contributed by atoms with Gasteiger partial charge in [-0.25, -0.2) is 4.57 Å². The maximum atomic E-state index is 12.6. The van der Waals surface area contributed by atoms with E-state index in [1.54, 1.807) is 0 Å². The van der Waals surface area contributed by atoms with Crippen molar-refractivity contribution in [1.29, 1.82) is 0 Å². The average molecular weight is 782 g/mol. The van der Waals surface area contributed by atoms with Crippen LogP contribution >= 0.6 is 7.82 Å². The molecular formula is C43H76NO9P. The number of phosphoric acid groups is 1. The van der Waals surface area contributed by atoms with E-state index in [0.29, 0.717) is 25.0 Å². The molecule has 1 aliphatic rings. The molecule has 4 atom stereocenters. The fourth-order valence-electron chi connectivity index (χ4n) is 5.82. The van der Waals surface area contributed by atoms with E-state index in [1.165, 1.54) is 44.9 Å². The summed E-state index contributed by atoms with van der Waals surface area (Å²) in [4.78, 5) is 34.9. The number of epoxide rings is 1. The predicted octanol–water partition coefficient (Wildman–Crippen LogP) is 10.9. The minimum atomic E-state index is -4.39. The van der Waals surface area contributed by atoms with Crippen molar-refractivity contribution in [2.45, 2.75) is 186 Å². The fourth-order valence-corrected chi connectivity index (χ4v) is 6.59. The van der Waals surface area contributed by atoms with Crippen molar-refractivity contribution < 1.29 is 42.3 Å². The first-order valence-corrected chi connectivity index (χ1v) is 22.7. The molecule has 0 radical (unpaired) electrons. The number of unbranched alkanes of at least 4 members (excludes halogenated alkanes) is 14. The third-order valence-electron chi connectivity index (χ3n) is 9.11. The van der Waals surface area contributed by atoms with E-state index in [-0.39, 0.29) is 32.6 Å². The Labute approximate surface area is 328 Å². The molecule has 10 nitrogen and oxygen atoms in total. The van der Waals surface area contributed by atoms with E-state index in [0.717, 1.165) is 83.5 Å². The largest absolute Gasteiger partial charge is 0.472 e. The summed E-state index contributed by atoms with van der Waals surface area (Å²) in [5, 5.41) is 0. The van der Waals surface area contributed by atoms with Crippen LogP contribution in [0.15, 0.2) is 48.6 Å². The minimum absolute atomic E-state index is 0.0432. The number of allylic oxidation sites excluding steroid dienone is 7. The van der Waals surface area contributed by atoms with Gasteiger partial charge in [-0.3, -0.25) is 18.6 Å². The summed E-state index contributed by atoms with van der Waals surface area (Å²) in [6.07, 6.45) is 41.5. The normalized spacial score (nSPS) is 17.6. The molecule has 54 heavy (non-hydrogen) atoms. The van der Waals surface area contributed by atoms with Crippen molar-refractivity contribution in [1.82, 2.24) is 0 Å². The number of esters is 2. The number of nitrogens with two attached hydrogens (primary N) is 1. The molecule has 3 N–H and O–H groups in total. The summed E-state index contributed by atoms with van der Waals surface area (Å²) in [6.45, 7) is 3.61. The lowest BCUT2D eigenvalue weighted by Gasteiger charge is -2.19. The van der Waals surface area contributed by atoms with E-state index in [1.807, 2.05) is 0 Å². The van der Waals surface area contributed by atoms with Gasteiger partial charge in [0.25, 0.3) is 0 Å². The van der Waals surface area contributed by atoms with Gasteiger partial charge in [-0.15, -0.1) is 0 Å². The minimum Gasteiger partial charge on any atom is -0.462 e. The Morgan fingerprint density at radius 1 is 0.667 bits per heavy atom. The second kappa shape index (κ2) is 35.4. The van der Waals surface area contributed by atoms with Crippen LogP contribution < -0.4 is 5.73 Å². The molecule has 0 spiro atoms. The molecule has 0 aliphatic carbocycles. The number of carbonyl (C=O) groups is 2. The third-order valence-corrected chi connectivity index (χ3v) is 10.1.